The van der Waals surface area contributed by atoms with Crippen LogP contribution >= 0.6 is 11.6 Å². The van der Waals surface area contributed by atoms with Crippen molar-refractivity contribution in [2.75, 3.05) is 0 Å². The molecule has 2 bridgehead atoms. The number of hydrogen-bond donors (Lipinski definition) is 1. The van der Waals surface area contributed by atoms with Crippen LogP contribution in [0.4, 0.5) is 0 Å². The number of amides is 1. The number of carbonyl (C=O) groups is 1. The van der Waals surface area contributed by atoms with Gasteiger partial charge in [-0.25, -0.2) is 0 Å². The second-order valence-electron chi connectivity index (χ2n) is 8.02. The van der Waals surface area contributed by atoms with E-state index in [9.17, 15) is 9.90 Å². The Morgan fingerprint density at radius 1 is 1.22 bits per heavy atom. The number of aliphatic hydroxyl groups is 1. The molecule has 3 heterocycles. The van der Waals surface area contributed by atoms with Gasteiger partial charge in [0.15, 0.2) is 5.66 Å². The highest BCUT2D eigenvalue weighted by Crippen LogP contribution is 2.46. The molecule has 1 amide bonds. The first-order valence-corrected chi connectivity index (χ1v) is 10.00. The van der Waals surface area contributed by atoms with Gasteiger partial charge in [0.25, 0.3) is 0 Å². The molecule has 27 heavy (non-hydrogen) atoms. The molecule has 2 fully saturated rings. The van der Waals surface area contributed by atoms with Gasteiger partial charge in [-0.1, -0.05) is 23.7 Å². The van der Waals surface area contributed by atoms with Crippen LogP contribution in [0.3, 0.4) is 0 Å². The Morgan fingerprint density at radius 3 is 2.41 bits per heavy atom. The molecule has 0 radical (unpaired) electrons. The number of piperidine rings is 1. The van der Waals surface area contributed by atoms with Crippen LogP contribution in [0.5, 0.6) is 0 Å². The molecule has 142 valence electrons. The van der Waals surface area contributed by atoms with E-state index in [1.54, 1.807) is 0 Å². The fourth-order valence-electron chi connectivity index (χ4n) is 4.73. The minimum atomic E-state index is -0.887. The van der Waals surface area contributed by atoms with Crippen LogP contribution in [0.1, 0.15) is 56.9 Å². The summed E-state index contributed by atoms with van der Waals surface area (Å²) in [5, 5.41) is 20.1. The lowest BCUT2D eigenvalue weighted by atomic mass is 9.80. The molecule has 3 aliphatic rings. The maximum Gasteiger partial charge on any atom is 0.223 e. The van der Waals surface area contributed by atoms with Gasteiger partial charge in [-0.2, -0.15) is 10.2 Å². The van der Waals surface area contributed by atoms with E-state index in [1.807, 2.05) is 29.2 Å². The van der Waals surface area contributed by atoms with Crippen molar-refractivity contribution in [2.24, 2.45) is 10.2 Å². The van der Waals surface area contributed by atoms with Crippen molar-refractivity contribution in [1.29, 1.82) is 0 Å². The standard InChI is InChI=1S/C21H24ClN3O2/c1-2-3-11-21(23-24-21)12-10-19(26)25-17-8-9-18(25)14-20(27,13-17)15-4-6-16(22)7-5-15/h1,4-7,17-18,27H,3,8-14H2/t17-,18+,20?. The predicted octanol–water partition coefficient (Wildman–Crippen LogP) is 4.04. The van der Waals surface area contributed by atoms with Gasteiger partial charge in [-0.3, -0.25) is 4.79 Å². The van der Waals surface area contributed by atoms with Crippen molar-refractivity contribution in [1.82, 2.24) is 4.90 Å². The number of nitrogens with zero attached hydrogens (tertiary/aromatic N) is 3. The molecular formula is C21H24ClN3O2. The molecule has 6 heteroatoms. The smallest absolute Gasteiger partial charge is 0.223 e. The van der Waals surface area contributed by atoms with Crippen molar-refractivity contribution >= 4 is 17.5 Å². The highest BCUT2D eigenvalue weighted by atomic mass is 35.5. The van der Waals surface area contributed by atoms with Crippen LogP contribution in [-0.4, -0.2) is 33.7 Å². The molecule has 0 saturated carbocycles. The third-order valence-electron chi connectivity index (χ3n) is 6.23. The Balaban J connectivity index is 1.40. The first-order chi connectivity index (χ1) is 12.9. The fraction of sp³-hybridized carbons (Fsp3) is 0.571. The van der Waals surface area contributed by atoms with E-state index in [0.717, 1.165) is 24.8 Å². The Hall–Kier alpha value is -1.90. The van der Waals surface area contributed by atoms with Gasteiger partial charge in [0.1, 0.15) is 0 Å². The summed E-state index contributed by atoms with van der Waals surface area (Å²) in [4.78, 5) is 14.9. The minimum Gasteiger partial charge on any atom is -0.385 e. The Bertz CT molecular complexity index is 779. The lowest BCUT2D eigenvalue weighted by Crippen LogP contribution is -2.52. The van der Waals surface area contributed by atoms with Crippen molar-refractivity contribution in [2.45, 2.75) is 74.7 Å². The average Bonchev–Trinajstić information content (AvgIpc) is 3.37. The number of hydrogen-bond acceptors (Lipinski definition) is 4. The third kappa shape index (κ3) is 3.61. The summed E-state index contributed by atoms with van der Waals surface area (Å²) in [6.07, 6.45) is 10.8. The fourth-order valence-corrected chi connectivity index (χ4v) is 4.86. The van der Waals surface area contributed by atoms with Crippen LogP contribution in [0.15, 0.2) is 34.5 Å². The summed E-state index contributed by atoms with van der Waals surface area (Å²) >= 11 is 5.98. The molecule has 1 N–H and O–H groups in total. The Kier molecular flexibility index (Phi) is 4.73. The molecule has 0 spiro atoms. The second kappa shape index (κ2) is 6.92. The van der Waals surface area contributed by atoms with Crippen molar-refractivity contribution in [3.63, 3.8) is 0 Å². The van der Waals surface area contributed by atoms with Gasteiger partial charge in [0.2, 0.25) is 5.91 Å². The Labute approximate surface area is 164 Å². The SMILES string of the molecule is C#CCCC1(CCC(=O)N2[C@@H]3CC[C@H]2CC(O)(c2ccc(Cl)cc2)C3)N=N1. The van der Waals surface area contributed by atoms with Crippen LogP contribution in [-0.2, 0) is 10.4 Å². The zero-order valence-electron chi connectivity index (χ0n) is 15.3. The summed E-state index contributed by atoms with van der Waals surface area (Å²) in [5.74, 6) is 2.77. The first kappa shape index (κ1) is 18.5. The summed E-state index contributed by atoms with van der Waals surface area (Å²) in [6.45, 7) is 0. The summed E-state index contributed by atoms with van der Waals surface area (Å²) in [7, 11) is 0. The van der Waals surface area contributed by atoms with Crippen LogP contribution < -0.4 is 0 Å². The summed E-state index contributed by atoms with van der Waals surface area (Å²) < 4.78 is 0. The maximum absolute atomic E-state index is 12.9. The monoisotopic (exact) mass is 385 g/mol. The number of benzene rings is 1. The van der Waals surface area contributed by atoms with Crippen molar-refractivity contribution in [3.05, 3.63) is 34.9 Å². The van der Waals surface area contributed by atoms with Crippen LogP contribution in [0, 0.1) is 12.3 Å². The van der Waals surface area contributed by atoms with E-state index < -0.39 is 11.3 Å². The molecule has 4 rings (SSSR count). The van der Waals surface area contributed by atoms with E-state index in [2.05, 4.69) is 16.1 Å². The highest BCUT2D eigenvalue weighted by Gasteiger charge is 2.50. The van der Waals surface area contributed by atoms with Gasteiger partial charge in [0, 0.05) is 55.6 Å². The summed E-state index contributed by atoms with van der Waals surface area (Å²) in [5.41, 5.74) is -0.414. The van der Waals surface area contributed by atoms with E-state index in [0.29, 0.717) is 37.1 Å². The zero-order chi connectivity index (χ0) is 19.1. The maximum atomic E-state index is 12.9. The largest absolute Gasteiger partial charge is 0.385 e. The molecular weight excluding hydrogens is 362 g/mol. The lowest BCUT2D eigenvalue weighted by Gasteiger charge is -2.44. The van der Waals surface area contributed by atoms with Gasteiger partial charge in [-0.05, 0) is 30.5 Å². The van der Waals surface area contributed by atoms with E-state index in [4.69, 9.17) is 18.0 Å². The minimum absolute atomic E-state index is 0.0895. The van der Waals surface area contributed by atoms with E-state index in [1.165, 1.54) is 0 Å². The topological polar surface area (TPSA) is 65.3 Å². The number of halogens is 1. The molecule has 3 atom stereocenters. The molecule has 1 aromatic rings. The third-order valence-corrected chi connectivity index (χ3v) is 6.48. The number of terminal acetylenes is 1. The summed E-state index contributed by atoms with van der Waals surface area (Å²) in [6, 6.07) is 7.59. The van der Waals surface area contributed by atoms with Crippen molar-refractivity contribution < 1.29 is 9.90 Å². The van der Waals surface area contributed by atoms with Crippen LogP contribution in [0.2, 0.25) is 5.02 Å². The molecule has 0 aliphatic carbocycles. The zero-order valence-corrected chi connectivity index (χ0v) is 16.0. The molecule has 3 aliphatic heterocycles. The highest BCUT2D eigenvalue weighted by molar-refractivity contribution is 6.30. The van der Waals surface area contributed by atoms with Crippen LogP contribution in [0.25, 0.3) is 0 Å². The number of carbonyl (C=O) groups excluding carboxylic acids is 1. The molecule has 5 nitrogen and oxygen atoms in total. The Morgan fingerprint density at radius 2 is 1.85 bits per heavy atom. The van der Waals surface area contributed by atoms with Gasteiger partial charge < -0.3 is 10.0 Å². The molecule has 1 aromatic carbocycles. The number of fused-ring (bicyclic) bond motifs is 2. The van der Waals surface area contributed by atoms with E-state index in [-0.39, 0.29) is 18.0 Å². The van der Waals surface area contributed by atoms with Crippen molar-refractivity contribution in [3.8, 4) is 12.3 Å². The normalized spacial score (nSPS) is 30.2. The molecule has 1 unspecified atom stereocenters. The predicted molar refractivity (Wildman–Crippen MR) is 103 cm³/mol. The molecule has 0 aromatic heterocycles. The second-order valence-corrected chi connectivity index (χ2v) is 8.46. The average molecular weight is 386 g/mol. The lowest BCUT2D eigenvalue weighted by molar-refractivity contribution is -0.142. The van der Waals surface area contributed by atoms with Gasteiger partial charge in [-0.15, -0.1) is 12.3 Å². The number of rotatable bonds is 6. The van der Waals surface area contributed by atoms with Gasteiger partial charge in [0.05, 0.1) is 5.60 Å². The van der Waals surface area contributed by atoms with Gasteiger partial charge >= 0.3 is 0 Å². The first-order valence-electron chi connectivity index (χ1n) is 9.62. The quantitative estimate of drug-likeness (QED) is 0.751. The van der Waals surface area contributed by atoms with E-state index >= 15 is 0 Å². The molecule has 2 saturated heterocycles.